The zero-order valence-corrected chi connectivity index (χ0v) is 13.2. The predicted molar refractivity (Wildman–Crippen MR) is 77.9 cm³/mol. The average Bonchev–Trinajstić information content (AvgIpc) is 2.42. The summed E-state index contributed by atoms with van der Waals surface area (Å²) in [5, 5.41) is 10.2. The van der Waals surface area contributed by atoms with Crippen LogP contribution in [0.4, 0.5) is 0 Å². The second-order valence-corrected chi connectivity index (χ2v) is 6.77. The van der Waals surface area contributed by atoms with Crippen LogP contribution in [0.1, 0.15) is 26.2 Å². The number of rotatable bonds is 7. The van der Waals surface area contributed by atoms with Crippen LogP contribution < -0.4 is 9.20 Å². The van der Waals surface area contributed by atoms with Crippen LogP contribution in [0, 0.1) is 0 Å². The molecule has 1 rings (SSSR count). The van der Waals surface area contributed by atoms with E-state index in [0.29, 0.717) is 0 Å². The molecule has 0 fully saturated rings. The van der Waals surface area contributed by atoms with Crippen molar-refractivity contribution in [2.75, 3.05) is 13.7 Å². The first kappa shape index (κ1) is 15.6. The van der Waals surface area contributed by atoms with E-state index in [-0.39, 0.29) is 21.6 Å². The molecule has 0 amide bonds. The van der Waals surface area contributed by atoms with E-state index in [2.05, 4.69) is 6.92 Å². The molecule has 0 spiro atoms. The van der Waals surface area contributed by atoms with E-state index < -0.39 is 0 Å². The van der Waals surface area contributed by atoms with Crippen molar-refractivity contribution in [3.63, 3.8) is 0 Å². The maximum atomic E-state index is 9.41. The molecule has 4 heteroatoms. The number of hydrogen-bond donors (Lipinski definition) is 1. The van der Waals surface area contributed by atoms with Crippen molar-refractivity contribution >= 4 is 31.0 Å². The van der Waals surface area contributed by atoms with E-state index in [9.17, 15) is 5.11 Å². The Labute approximate surface area is 120 Å². The van der Waals surface area contributed by atoms with Crippen LogP contribution in [-0.2, 0) is 0 Å². The summed E-state index contributed by atoms with van der Waals surface area (Å²) in [4.78, 5) is 0. The summed E-state index contributed by atoms with van der Waals surface area (Å²) in [5.41, 5.74) is 0. The maximum absolute atomic E-state index is 9.41. The summed E-state index contributed by atoms with van der Waals surface area (Å²) in [6.45, 7) is 2.19. The SMILES string of the molecule is CCCC/C(Cl)=C(/CO)[Se]c1ccc(OC)cc1. The first-order valence-corrected chi connectivity index (χ1v) is 8.10. The minimum atomic E-state index is 0.0502. The number of allylic oxidation sites excluding steroid dienone is 1. The van der Waals surface area contributed by atoms with Gasteiger partial charge in [-0.2, -0.15) is 0 Å². The molecule has 0 aliphatic heterocycles. The minimum absolute atomic E-state index is 0.0502. The first-order valence-electron chi connectivity index (χ1n) is 6.01. The first-order chi connectivity index (χ1) is 8.71. The van der Waals surface area contributed by atoms with Crippen LogP contribution in [0.3, 0.4) is 0 Å². The third-order valence-corrected chi connectivity index (χ3v) is 5.54. The van der Waals surface area contributed by atoms with Gasteiger partial charge in [-0.3, -0.25) is 0 Å². The van der Waals surface area contributed by atoms with E-state index >= 15 is 0 Å². The third-order valence-electron chi connectivity index (χ3n) is 2.50. The second-order valence-electron chi connectivity index (χ2n) is 3.87. The molecule has 0 aliphatic carbocycles. The molecule has 1 N–H and O–H groups in total. The predicted octanol–water partition coefficient (Wildman–Crippen LogP) is 2.66. The molecular weight excluding hydrogens is 315 g/mol. The number of hydrogen-bond acceptors (Lipinski definition) is 2. The zero-order valence-electron chi connectivity index (χ0n) is 10.8. The van der Waals surface area contributed by atoms with E-state index in [1.807, 2.05) is 24.3 Å². The van der Waals surface area contributed by atoms with Gasteiger partial charge >= 0.3 is 120 Å². The van der Waals surface area contributed by atoms with Gasteiger partial charge in [-0.1, -0.05) is 0 Å². The van der Waals surface area contributed by atoms with Crippen molar-refractivity contribution in [1.29, 1.82) is 0 Å². The number of methoxy groups -OCH3 is 1. The molecule has 0 saturated heterocycles. The van der Waals surface area contributed by atoms with Gasteiger partial charge < -0.3 is 0 Å². The van der Waals surface area contributed by atoms with Crippen molar-refractivity contribution in [1.82, 2.24) is 0 Å². The Balaban J connectivity index is 2.72. The van der Waals surface area contributed by atoms with Crippen LogP contribution in [-0.4, -0.2) is 33.8 Å². The molecule has 0 aromatic heterocycles. The van der Waals surface area contributed by atoms with Crippen LogP contribution in [0.25, 0.3) is 0 Å². The van der Waals surface area contributed by atoms with E-state index in [1.165, 1.54) is 4.46 Å². The summed E-state index contributed by atoms with van der Waals surface area (Å²) in [7, 11) is 1.65. The molecule has 0 saturated carbocycles. The van der Waals surface area contributed by atoms with Gasteiger partial charge in [0.15, 0.2) is 0 Å². The van der Waals surface area contributed by atoms with Crippen molar-refractivity contribution in [3.8, 4) is 5.75 Å². The molecule has 0 atom stereocenters. The van der Waals surface area contributed by atoms with Gasteiger partial charge in [0.1, 0.15) is 0 Å². The Morgan fingerprint density at radius 2 is 2.00 bits per heavy atom. The van der Waals surface area contributed by atoms with E-state index in [4.69, 9.17) is 16.3 Å². The van der Waals surface area contributed by atoms with Gasteiger partial charge in [-0.25, -0.2) is 0 Å². The number of benzene rings is 1. The van der Waals surface area contributed by atoms with Crippen LogP contribution in [0.15, 0.2) is 33.8 Å². The van der Waals surface area contributed by atoms with Gasteiger partial charge in [0.25, 0.3) is 0 Å². The van der Waals surface area contributed by atoms with Gasteiger partial charge in [-0.15, -0.1) is 0 Å². The Bertz CT molecular complexity index is 387. The fraction of sp³-hybridized carbons (Fsp3) is 0.429. The number of unbranched alkanes of at least 4 members (excludes halogenated alkanes) is 1. The normalized spacial score (nSPS) is 12.2. The van der Waals surface area contributed by atoms with Gasteiger partial charge in [0.2, 0.25) is 0 Å². The molecule has 0 bridgehead atoms. The average molecular weight is 334 g/mol. The molecule has 0 radical (unpaired) electrons. The Morgan fingerprint density at radius 1 is 1.33 bits per heavy atom. The van der Waals surface area contributed by atoms with Crippen LogP contribution in [0.2, 0.25) is 0 Å². The molecular formula is C14H19ClO2Se. The molecule has 1 aromatic carbocycles. The van der Waals surface area contributed by atoms with Crippen molar-refractivity contribution in [3.05, 3.63) is 33.8 Å². The summed E-state index contributed by atoms with van der Waals surface area (Å²) >= 11 is 6.33. The van der Waals surface area contributed by atoms with Crippen LogP contribution in [0.5, 0.6) is 5.75 Å². The zero-order chi connectivity index (χ0) is 13.4. The number of ether oxygens (including phenoxy) is 1. The Morgan fingerprint density at radius 3 is 2.50 bits per heavy atom. The third kappa shape index (κ3) is 5.03. The monoisotopic (exact) mass is 334 g/mol. The van der Waals surface area contributed by atoms with Gasteiger partial charge in [0, 0.05) is 0 Å². The van der Waals surface area contributed by atoms with E-state index in [1.54, 1.807) is 7.11 Å². The number of aliphatic hydroxyl groups is 1. The van der Waals surface area contributed by atoms with Gasteiger partial charge in [0.05, 0.1) is 0 Å². The summed E-state index contributed by atoms with van der Waals surface area (Å²) < 4.78 is 7.29. The fourth-order valence-electron chi connectivity index (χ4n) is 1.43. The summed E-state index contributed by atoms with van der Waals surface area (Å²) in [5.74, 6) is 0.848. The summed E-state index contributed by atoms with van der Waals surface area (Å²) in [6.07, 6.45) is 3.05. The molecule has 0 aliphatic rings. The quantitative estimate of drug-likeness (QED) is 0.777. The summed E-state index contributed by atoms with van der Waals surface area (Å²) in [6, 6.07) is 7.93. The van der Waals surface area contributed by atoms with Gasteiger partial charge in [-0.05, 0) is 0 Å². The fourth-order valence-corrected chi connectivity index (χ4v) is 3.57. The van der Waals surface area contributed by atoms with Crippen LogP contribution >= 0.6 is 11.6 Å². The molecule has 100 valence electrons. The number of aliphatic hydroxyl groups excluding tert-OH is 1. The molecule has 1 aromatic rings. The number of halogens is 1. The molecule has 18 heavy (non-hydrogen) atoms. The van der Waals surface area contributed by atoms with Crippen molar-refractivity contribution in [2.45, 2.75) is 26.2 Å². The van der Waals surface area contributed by atoms with Crippen molar-refractivity contribution < 1.29 is 9.84 Å². The second kappa shape index (κ2) is 8.60. The molecule has 0 unspecified atom stereocenters. The van der Waals surface area contributed by atoms with E-state index in [0.717, 1.165) is 34.5 Å². The molecule has 2 nitrogen and oxygen atoms in total. The topological polar surface area (TPSA) is 29.5 Å². The van der Waals surface area contributed by atoms with Crippen molar-refractivity contribution in [2.24, 2.45) is 0 Å². The molecule has 0 heterocycles. The Kier molecular flexibility index (Phi) is 7.45. The standard InChI is InChI=1S/C14H19ClO2Se/c1-3-4-5-13(15)14(10-16)18-12-8-6-11(17-2)7-9-12/h6-9,16H,3-5,10H2,1-2H3/b14-13+. The Hall–Kier alpha value is -0.471.